The number of esters is 1. The average molecular weight is 467 g/mol. The lowest BCUT2D eigenvalue weighted by molar-refractivity contribution is -0.384. The van der Waals surface area contributed by atoms with E-state index in [4.69, 9.17) is 14.2 Å². The van der Waals surface area contributed by atoms with E-state index in [1.807, 2.05) is 6.26 Å². The van der Waals surface area contributed by atoms with Crippen molar-refractivity contribution in [3.05, 3.63) is 51.2 Å². The number of nitro groups is 1. The Kier molecular flexibility index (Phi) is 8.64. The van der Waals surface area contributed by atoms with Gasteiger partial charge < -0.3 is 14.2 Å². The number of likely N-dealkylation sites (tertiary alicyclic amines) is 1. The normalized spacial score (nSPS) is 18.3. The van der Waals surface area contributed by atoms with E-state index in [2.05, 4.69) is 0 Å². The van der Waals surface area contributed by atoms with Gasteiger partial charge in [0.25, 0.3) is 5.69 Å². The summed E-state index contributed by atoms with van der Waals surface area (Å²) < 4.78 is 15.0. The average Bonchev–Trinajstić information content (AvgIpc) is 2.76. The molecule has 0 aromatic heterocycles. The number of rotatable bonds is 9. The summed E-state index contributed by atoms with van der Waals surface area (Å²) in [4.78, 5) is 48.4. The second kappa shape index (κ2) is 11.0. The van der Waals surface area contributed by atoms with Crippen LogP contribution >= 0.6 is 11.8 Å². The Morgan fingerprint density at radius 2 is 1.84 bits per heavy atom. The third-order valence-corrected chi connectivity index (χ3v) is 5.99. The first-order valence-corrected chi connectivity index (χ1v) is 11.1. The zero-order valence-corrected chi connectivity index (χ0v) is 19.3. The van der Waals surface area contributed by atoms with Crippen LogP contribution in [0.2, 0.25) is 0 Å². The molecule has 1 fully saturated rings. The number of allylic oxidation sites excluding steroid dienone is 1. The molecule has 0 N–H and O–H groups in total. The van der Waals surface area contributed by atoms with Gasteiger partial charge in [-0.25, -0.2) is 9.59 Å². The highest BCUT2D eigenvalue weighted by Gasteiger charge is 2.52. The number of non-ortho nitro benzene ring substituents is 1. The summed E-state index contributed by atoms with van der Waals surface area (Å²) in [5.74, 6) is -1.55. The van der Waals surface area contributed by atoms with Gasteiger partial charge in [0.2, 0.25) is 5.91 Å². The number of nitro benzene ring substituents is 1. The van der Waals surface area contributed by atoms with Crippen LogP contribution in [0.25, 0.3) is 0 Å². The number of nitrogens with zero attached hydrogens (tertiary/aromatic N) is 2. The first kappa shape index (κ1) is 25.2. The molecule has 174 valence electrons. The number of carbonyl (C=O) groups excluding carboxylic acids is 3. The predicted molar refractivity (Wildman–Crippen MR) is 116 cm³/mol. The van der Waals surface area contributed by atoms with E-state index in [9.17, 15) is 24.5 Å². The Labute approximate surface area is 190 Å². The Bertz CT molecular complexity index is 911. The van der Waals surface area contributed by atoms with E-state index in [0.29, 0.717) is 11.1 Å². The summed E-state index contributed by atoms with van der Waals surface area (Å²) in [5.41, 5.74) is 1.41. The van der Waals surface area contributed by atoms with Gasteiger partial charge >= 0.3 is 12.1 Å². The summed E-state index contributed by atoms with van der Waals surface area (Å²) in [6.45, 7) is 5.11. The molecule has 2 rings (SSSR count). The van der Waals surface area contributed by atoms with Gasteiger partial charge in [-0.15, -0.1) is 11.8 Å². The molecule has 1 aliphatic heterocycles. The molecule has 1 unspecified atom stereocenters. The van der Waals surface area contributed by atoms with Crippen LogP contribution in [0, 0.1) is 22.0 Å². The van der Waals surface area contributed by atoms with Gasteiger partial charge in [-0.2, -0.15) is 0 Å². The van der Waals surface area contributed by atoms with Crippen molar-refractivity contribution >= 4 is 35.5 Å². The molecule has 0 radical (unpaired) electrons. The van der Waals surface area contributed by atoms with Gasteiger partial charge in [0.15, 0.2) is 0 Å². The maximum Gasteiger partial charge on any atom is 0.508 e. The van der Waals surface area contributed by atoms with E-state index in [1.165, 1.54) is 48.0 Å². The van der Waals surface area contributed by atoms with Crippen molar-refractivity contribution in [1.29, 1.82) is 0 Å². The zero-order valence-electron chi connectivity index (χ0n) is 18.5. The van der Waals surface area contributed by atoms with Crippen LogP contribution in [0.4, 0.5) is 10.5 Å². The fourth-order valence-corrected chi connectivity index (χ4v) is 4.44. The molecular formula is C21H26N2O8S. The van der Waals surface area contributed by atoms with Crippen LogP contribution in [0.15, 0.2) is 35.5 Å². The summed E-state index contributed by atoms with van der Waals surface area (Å²) >= 11 is 1.42. The summed E-state index contributed by atoms with van der Waals surface area (Å²) in [6, 6.07) is 5.61. The van der Waals surface area contributed by atoms with Crippen LogP contribution in [0.5, 0.6) is 0 Å². The second-order valence-electron chi connectivity index (χ2n) is 7.45. The van der Waals surface area contributed by atoms with Crippen molar-refractivity contribution in [1.82, 2.24) is 4.90 Å². The van der Waals surface area contributed by atoms with Crippen molar-refractivity contribution in [2.75, 3.05) is 20.0 Å². The number of β-lactam (4-membered cyclic amide) rings is 1. The summed E-state index contributed by atoms with van der Waals surface area (Å²) in [5, 5.41) is 10.4. The van der Waals surface area contributed by atoms with E-state index in [0.717, 1.165) is 0 Å². The molecule has 1 saturated heterocycles. The van der Waals surface area contributed by atoms with E-state index in [-0.39, 0.29) is 41.8 Å². The lowest BCUT2D eigenvalue weighted by Crippen LogP contribution is -2.62. The first-order valence-electron chi connectivity index (χ1n) is 9.76. The lowest BCUT2D eigenvalue weighted by atomic mass is 9.85. The van der Waals surface area contributed by atoms with E-state index < -0.39 is 23.0 Å². The van der Waals surface area contributed by atoms with E-state index in [1.54, 1.807) is 20.8 Å². The largest absolute Gasteiger partial charge is 0.508 e. The third kappa shape index (κ3) is 5.58. The minimum atomic E-state index is -0.904. The molecule has 1 aromatic rings. The lowest BCUT2D eigenvalue weighted by Gasteiger charge is -2.48. The number of amides is 1. The fourth-order valence-electron chi connectivity index (χ4n) is 3.34. The highest BCUT2D eigenvalue weighted by Crippen LogP contribution is 2.42. The molecule has 3 atom stereocenters. The van der Waals surface area contributed by atoms with Crippen molar-refractivity contribution in [3.63, 3.8) is 0 Å². The van der Waals surface area contributed by atoms with Crippen LogP contribution in [-0.2, 0) is 30.4 Å². The second-order valence-corrected chi connectivity index (χ2v) is 8.41. The number of hydrogen-bond donors (Lipinski definition) is 0. The molecule has 10 nitrogen and oxygen atoms in total. The molecule has 11 heteroatoms. The molecule has 0 spiro atoms. The molecule has 1 aromatic carbocycles. The van der Waals surface area contributed by atoms with Gasteiger partial charge in [0.05, 0.1) is 29.9 Å². The Morgan fingerprint density at radius 1 is 1.22 bits per heavy atom. The molecule has 0 aliphatic carbocycles. The van der Waals surface area contributed by atoms with Gasteiger partial charge in [0.1, 0.15) is 12.3 Å². The van der Waals surface area contributed by atoms with Gasteiger partial charge in [-0.1, -0.05) is 6.92 Å². The Hall–Kier alpha value is -3.08. The molecule has 1 aliphatic rings. The SMILES string of the molecule is COC(=O)C(=C(C)C)N1C(=O)[C@H](C(C)COC(=O)OCc2ccc([N+](=O)[O-])cc2)[C@H]1SC. The zero-order chi connectivity index (χ0) is 24.0. The molecule has 0 bridgehead atoms. The predicted octanol–water partition coefficient (Wildman–Crippen LogP) is 3.50. The highest BCUT2D eigenvalue weighted by atomic mass is 32.2. The van der Waals surface area contributed by atoms with Crippen molar-refractivity contribution in [2.45, 2.75) is 32.8 Å². The smallest absolute Gasteiger partial charge is 0.464 e. The monoisotopic (exact) mass is 466 g/mol. The number of methoxy groups -OCH3 is 1. The molecule has 1 amide bonds. The minimum absolute atomic E-state index is 0.0389. The van der Waals surface area contributed by atoms with Gasteiger partial charge in [-0.3, -0.25) is 19.8 Å². The number of carbonyl (C=O) groups is 3. The van der Waals surface area contributed by atoms with Crippen molar-refractivity contribution in [2.24, 2.45) is 11.8 Å². The molecular weight excluding hydrogens is 440 g/mol. The standard InChI is InChI=1S/C21H26N2O8S/c1-12(2)17(20(25)29-4)22-18(24)16(19(22)32-5)13(3)10-30-21(26)31-11-14-6-8-15(9-7-14)23(27)28/h6-9,13,16,19H,10-11H2,1-5H3/t13?,16-,19+/m0/s1. The maximum atomic E-state index is 12.8. The van der Waals surface area contributed by atoms with Crippen LogP contribution in [0.3, 0.4) is 0 Å². The van der Waals surface area contributed by atoms with Crippen LogP contribution in [0.1, 0.15) is 26.3 Å². The van der Waals surface area contributed by atoms with Crippen LogP contribution in [-0.4, -0.2) is 53.2 Å². The number of thioether (sulfide) groups is 1. The summed E-state index contributed by atoms with van der Waals surface area (Å²) in [6.07, 6.45) is 0.933. The minimum Gasteiger partial charge on any atom is -0.464 e. The number of benzene rings is 1. The Morgan fingerprint density at radius 3 is 2.34 bits per heavy atom. The highest BCUT2D eigenvalue weighted by molar-refractivity contribution is 7.99. The van der Waals surface area contributed by atoms with Crippen LogP contribution < -0.4 is 0 Å². The topological polar surface area (TPSA) is 125 Å². The maximum absolute atomic E-state index is 12.8. The van der Waals surface area contributed by atoms with Crippen molar-refractivity contribution in [3.8, 4) is 0 Å². The number of hydrogen-bond acceptors (Lipinski definition) is 9. The van der Waals surface area contributed by atoms with Crippen molar-refractivity contribution < 1.29 is 33.5 Å². The Balaban J connectivity index is 1.90. The van der Waals surface area contributed by atoms with Gasteiger partial charge in [-0.05, 0) is 43.4 Å². The third-order valence-electron chi connectivity index (χ3n) is 5.00. The summed E-state index contributed by atoms with van der Waals surface area (Å²) in [7, 11) is 1.26. The van der Waals surface area contributed by atoms with E-state index >= 15 is 0 Å². The molecule has 0 saturated carbocycles. The first-order chi connectivity index (χ1) is 15.1. The molecule has 1 heterocycles. The fraction of sp³-hybridized carbons (Fsp3) is 0.476. The molecule has 32 heavy (non-hydrogen) atoms. The quantitative estimate of drug-likeness (QED) is 0.177. The number of ether oxygens (including phenoxy) is 3. The van der Waals surface area contributed by atoms with Gasteiger partial charge in [0, 0.05) is 18.1 Å².